The zero-order valence-corrected chi connectivity index (χ0v) is 8.54. The van der Waals surface area contributed by atoms with E-state index in [-0.39, 0.29) is 5.97 Å². The molecule has 0 aromatic carbocycles. The van der Waals surface area contributed by atoms with Gasteiger partial charge in [0.2, 0.25) is 0 Å². The molecule has 0 aromatic heterocycles. The lowest BCUT2D eigenvalue weighted by molar-refractivity contribution is -0.137. The minimum absolute atomic E-state index is 0.368. The molecule has 3 heteroatoms. The fraction of sp³-hybridized carbons (Fsp3) is 0.700. The molecule has 0 bridgehead atoms. The van der Waals surface area contributed by atoms with Gasteiger partial charge in [0.05, 0.1) is 12.7 Å². The number of hydrogen-bond donors (Lipinski definition) is 1. The Morgan fingerprint density at radius 3 is 2.62 bits per heavy atom. The predicted octanol–water partition coefficient (Wildman–Crippen LogP) is 1.66. The first-order valence-electron chi connectivity index (χ1n) is 4.64. The van der Waals surface area contributed by atoms with Crippen molar-refractivity contribution in [3.8, 4) is 0 Å². The first-order valence-corrected chi connectivity index (χ1v) is 4.64. The molecule has 0 aromatic rings. The zero-order valence-electron chi connectivity index (χ0n) is 8.54. The molecule has 0 amide bonds. The van der Waals surface area contributed by atoms with E-state index in [1.165, 1.54) is 6.08 Å². The van der Waals surface area contributed by atoms with Gasteiger partial charge >= 0.3 is 5.97 Å². The molecule has 76 valence electrons. The van der Waals surface area contributed by atoms with Crippen LogP contribution in [0.4, 0.5) is 0 Å². The third-order valence-corrected chi connectivity index (χ3v) is 1.72. The van der Waals surface area contributed by atoms with Crippen molar-refractivity contribution in [3.05, 3.63) is 11.6 Å². The van der Waals surface area contributed by atoms with Crippen LogP contribution in [-0.2, 0) is 9.53 Å². The Hall–Kier alpha value is -0.830. The van der Waals surface area contributed by atoms with E-state index in [2.05, 4.69) is 0 Å². The summed E-state index contributed by atoms with van der Waals surface area (Å²) in [6.07, 6.45) is 2.41. The Morgan fingerprint density at radius 2 is 2.15 bits per heavy atom. The molecule has 0 rings (SSSR count). The Morgan fingerprint density at radius 1 is 1.54 bits per heavy atom. The second-order valence-electron chi connectivity index (χ2n) is 2.94. The maximum Gasteiger partial charge on any atom is 0.330 e. The Labute approximate surface area is 79.4 Å². The number of aliphatic hydroxyl groups excluding tert-OH is 1. The van der Waals surface area contributed by atoms with Gasteiger partial charge in [0.25, 0.3) is 0 Å². The van der Waals surface area contributed by atoms with Crippen LogP contribution in [0.1, 0.15) is 33.6 Å². The van der Waals surface area contributed by atoms with Gasteiger partial charge in [-0.25, -0.2) is 4.79 Å². The van der Waals surface area contributed by atoms with Gasteiger partial charge in [-0.15, -0.1) is 0 Å². The molecule has 0 aliphatic carbocycles. The van der Waals surface area contributed by atoms with E-state index in [0.29, 0.717) is 18.6 Å². The highest BCUT2D eigenvalue weighted by atomic mass is 16.5. The van der Waals surface area contributed by atoms with E-state index in [9.17, 15) is 9.90 Å². The van der Waals surface area contributed by atoms with Crippen molar-refractivity contribution in [1.29, 1.82) is 0 Å². The van der Waals surface area contributed by atoms with Gasteiger partial charge in [-0.3, -0.25) is 0 Å². The largest absolute Gasteiger partial charge is 0.463 e. The number of esters is 1. The van der Waals surface area contributed by atoms with Crippen molar-refractivity contribution in [3.63, 3.8) is 0 Å². The van der Waals surface area contributed by atoms with Crippen molar-refractivity contribution < 1.29 is 14.6 Å². The van der Waals surface area contributed by atoms with Gasteiger partial charge in [-0.05, 0) is 25.8 Å². The standard InChI is InChI=1S/C10H18O3/c1-4-6-9(11)8(3)7-10(12)13-5-2/h7,9,11H,4-6H2,1-3H3/b8-7+. The van der Waals surface area contributed by atoms with Crippen LogP contribution in [0.3, 0.4) is 0 Å². The summed E-state index contributed by atoms with van der Waals surface area (Å²) < 4.78 is 4.71. The van der Waals surface area contributed by atoms with Gasteiger partial charge in [0, 0.05) is 6.08 Å². The van der Waals surface area contributed by atoms with Crippen LogP contribution in [0.25, 0.3) is 0 Å². The van der Waals surface area contributed by atoms with E-state index < -0.39 is 6.10 Å². The summed E-state index contributed by atoms with van der Waals surface area (Å²) in [5.41, 5.74) is 0.667. The molecule has 1 unspecified atom stereocenters. The summed E-state index contributed by atoms with van der Waals surface area (Å²) in [6, 6.07) is 0. The number of carbonyl (C=O) groups excluding carboxylic acids is 1. The van der Waals surface area contributed by atoms with Crippen LogP contribution in [0.5, 0.6) is 0 Å². The molecule has 1 N–H and O–H groups in total. The third kappa shape index (κ3) is 5.42. The Balaban J connectivity index is 4.05. The van der Waals surface area contributed by atoms with Crippen molar-refractivity contribution in [1.82, 2.24) is 0 Å². The lowest BCUT2D eigenvalue weighted by Gasteiger charge is -2.08. The molecule has 0 saturated heterocycles. The first kappa shape index (κ1) is 12.2. The fourth-order valence-corrected chi connectivity index (χ4v) is 0.967. The normalized spacial score (nSPS) is 14.0. The van der Waals surface area contributed by atoms with Crippen molar-refractivity contribution in [2.45, 2.75) is 39.7 Å². The number of hydrogen-bond acceptors (Lipinski definition) is 3. The van der Waals surface area contributed by atoms with Crippen molar-refractivity contribution in [2.24, 2.45) is 0 Å². The molecular formula is C10H18O3. The van der Waals surface area contributed by atoms with Crippen LogP contribution in [0.2, 0.25) is 0 Å². The van der Waals surface area contributed by atoms with Gasteiger partial charge < -0.3 is 9.84 Å². The SMILES string of the molecule is CCCC(O)/C(C)=C/C(=O)OCC. The summed E-state index contributed by atoms with van der Waals surface area (Å²) in [4.78, 5) is 11.0. The van der Waals surface area contributed by atoms with E-state index in [0.717, 1.165) is 6.42 Å². The first-order chi connectivity index (χ1) is 6.11. The topological polar surface area (TPSA) is 46.5 Å². The second kappa shape index (κ2) is 6.66. The summed E-state index contributed by atoms with van der Waals surface area (Å²) in [6.45, 7) is 5.84. The molecule has 0 fully saturated rings. The van der Waals surface area contributed by atoms with E-state index in [4.69, 9.17) is 4.74 Å². The monoisotopic (exact) mass is 186 g/mol. The highest BCUT2D eigenvalue weighted by Gasteiger charge is 2.06. The van der Waals surface area contributed by atoms with Gasteiger partial charge in [-0.1, -0.05) is 13.3 Å². The molecule has 13 heavy (non-hydrogen) atoms. The molecule has 0 aliphatic rings. The fourth-order valence-electron chi connectivity index (χ4n) is 0.967. The quantitative estimate of drug-likeness (QED) is 0.524. The molecular weight excluding hydrogens is 168 g/mol. The van der Waals surface area contributed by atoms with Crippen molar-refractivity contribution >= 4 is 5.97 Å². The lowest BCUT2D eigenvalue weighted by atomic mass is 10.1. The molecule has 0 saturated carbocycles. The average molecular weight is 186 g/mol. The molecule has 0 heterocycles. The maximum absolute atomic E-state index is 11.0. The molecule has 3 nitrogen and oxygen atoms in total. The minimum atomic E-state index is -0.519. The molecule has 0 radical (unpaired) electrons. The number of rotatable bonds is 5. The van der Waals surface area contributed by atoms with Crippen LogP contribution in [0.15, 0.2) is 11.6 Å². The summed E-state index contributed by atoms with van der Waals surface area (Å²) >= 11 is 0. The number of carbonyl (C=O) groups is 1. The Kier molecular flexibility index (Phi) is 6.24. The highest BCUT2D eigenvalue weighted by molar-refractivity contribution is 5.82. The van der Waals surface area contributed by atoms with Gasteiger partial charge in [-0.2, -0.15) is 0 Å². The summed E-state index contributed by atoms with van der Waals surface area (Å²) in [7, 11) is 0. The number of aliphatic hydroxyl groups is 1. The zero-order chi connectivity index (χ0) is 10.3. The van der Waals surface area contributed by atoms with E-state index in [1.54, 1.807) is 13.8 Å². The maximum atomic E-state index is 11.0. The van der Waals surface area contributed by atoms with Crippen LogP contribution in [0, 0.1) is 0 Å². The smallest absolute Gasteiger partial charge is 0.330 e. The van der Waals surface area contributed by atoms with Crippen LogP contribution < -0.4 is 0 Å². The van der Waals surface area contributed by atoms with Gasteiger partial charge in [0.15, 0.2) is 0 Å². The van der Waals surface area contributed by atoms with E-state index >= 15 is 0 Å². The van der Waals surface area contributed by atoms with Crippen LogP contribution >= 0.6 is 0 Å². The number of ether oxygens (including phenoxy) is 1. The molecule has 0 spiro atoms. The summed E-state index contributed by atoms with van der Waals surface area (Å²) in [5.74, 6) is -0.379. The minimum Gasteiger partial charge on any atom is -0.463 e. The lowest BCUT2D eigenvalue weighted by Crippen LogP contribution is -2.10. The Bertz CT molecular complexity index is 185. The highest BCUT2D eigenvalue weighted by Crippen LogP contribution is 2.07. The predicted molar refractivity (Wildman–Crippen MR) is 51.3 cm³/mol. The van der Waals surface area contributed by atoms with E-state index in [1.807, 2.05) is 6.92 Å². The third-order valence-electron chi connectivity index (χ3n) is 1.72. The van der Waals surface area contributed by atoms with Gasteiger partial charge in [0.1, 0.15) is 0 Å². The average Bonchev–Trinajstić information content (AvgIpc) is 2.05. The van der Waals surface area contributed by atoms with Crippen molar-refractivity contribution in [2.75, 3.05) is 6.61 Å². The second-order valence-corrected chi connectivity index (χ2v) is 2.94. The molecule has 1 atom stereocenters. The molecule has 0 aliphatic heterocycles. The summed E-state index contributed by atoms with van der Waals surface area (Å²) in [5, 5.41) is 9.46. The van der Waals surface area contributed by atoms with Crippen LogP contribution in [-0.4, -0.2) is 23.8 Å².